The summed E-state index contributed by atoms with van der Waals surface area (Å²) >= 11 is 0. The average molecular weight is 322 g/mol. The van der Waals surface area contributed by atoms with Crippen molar-refractivity contribution in [1.29, 1.82) is 0 Å². The number of pyridine rings is 1. The van der Waals surface area contributed by atoms with E-state index in [1.54, 1.807) is 18.5 Å². The molecule has 0 fully saturated rings. The van der Waals surface area contributed by atoms with Crippen molar-refractivity contribution in [1.82, 2.24) is 14.8 Å². The summed E-state index contributed by atoms with van der Waals surface area (Å²) in [5.41, 5.74) is 15.8. The van der Waals surface area contributed by atoms with E-state index in [0.29, 0.717) is 37.3 Å². The molecule has 7 heteroatoms. The number of fused-ring (bicyclic) bond motifs is 2. The highest BCUT2D eigenvalue weighted by atomic mass is 16.1. The van der Waals surface area contributed by atoms with Gasteiger partial charge < -0.3 is 16.8 Å². The third-order valence-corrected chi connectivity index (χ3v) is 4.27. The van der Waals surface area contributed by atoms with Crippen LogP contribution in [0.15, 0.2) is 30.6 Å². The second-order valence-corrected chi connectivity index (χ2v) is 5.71. The minimum Gasteiger partial charge on any atom is -0.383 e. The fourth-order valence-corrected chi connectivity index (χ4v) is 3.26. The second kappa shape index (κ2) is 5.70. The predicted octanol–water partition coefficient (Wildman–Crippen LogP) is 0.972. The molecule has 2 aromatic heterocycles. The van der Waals surface area contributed by atoms with Crippen LogP contribution in [0.3, 0.4) is 0 Å². The summed E-state index contributed by atoms with van der Waals surface area (Å²) < 4.78 is 1.86. The van der Waals surface area contributed by atoms with E-state index in [9.17, 15) is 4.79 Å². The molecule has 24 heavy (non-hydrogen) atoms. The topological polar surface area (TPSA) is 112 Å². The lowest BCUT2D eigenvalue weighted by Gasteiger charge is -2.18. The molecule has 1 aromatic carbocycles. The summed E-state index contributed by atoms with van der Waals surface area (Å²) in [5, 5.41) is 8.80. The number of nitrogens with two attached hydrogens (primary N) is 2. The molecule has 1 aliphatic rings. The molecular formula is C17H18N6O. The van der Waals surface area contributed by atoms with E-state index in [4.69, 9.17) is 16.6 Å². The Morgan fingerprint density at radius 2 is 2.00 bits per heavy atom. The summed E-state index contributed by atoms with van der Waals surface area (Å²) in [5.74, 6) is -0.0164. The number of rotatable bonds is 5. The van der Waals surface area contributed by atoms with E-state index >= 15 is 0 Å². The molecule has 0 radical (unpaired) electrons. The van der Waals surface area contributed by atoms with Crippen molar-refractivity contribution in [2.45, 2.75) is 6.54 Å². The zero-order valence-corrected chi connectivity index (χ0v) is 13.1. The number of benzene rings is 1. The van der Waals surface area contributed by atoms with Gasteiger partial charge >= 0.3 is 0 Å². The maximum absolute atomic E-state index is 13.1. The lowest BCUT2D eigenvalue weighted by atomic mass is 9.87. The monoisotopic (exact) mass is 322 g/mol. The lowest BCUT2D eigenvalue weighted by Crippen LogP contribution is -2.17. The lowest BCUT2D eigenvalue weighted by molar-refractivity contribution is 0.104. The van der Waals surface area contributed by atoms with Crippen LogP contribution in [0, 0.1) is 0 Å². The van der Waals surface area contributed by atoms with Crippen LogP contribution in [0.5, 0.6) is 0 Å². The van der Waals surface area contributed by atoms with Crippen molar-refractivity contribution >= 4 is 22.4 Å². The molecule has 122 valence electrons. The Hall–Kier alpha value is -2.77. The van der Waals surface area contributed by atoms with Crippen LogP contribution < -0.4 is 16.8 Å². The summed E-state index contributed by atoms with van der Waals surface area (Å²) in [4.78, 5) is 17.2. The molecule has 0 amide bonds. The van der Waals surface area contributed by atoms with Crippen molar-refractivity contribution in [3.63, 3.8) is 0 Å². The SMILES string of the molecule is NCCNc1ccc2c3c(nn2CCN)-c2cnccc2C(=O)c13. The minimum absolute atomic E-state index is 0.0164. The van der Waals surface area contributed by atoms with Gasteiger partial charge in [0.2, 0.25) is 0 Å². The number of nitrogens with zero attached hydrogens (tertiary/aromatic N) is 3. The first-order valence-corrected chi connectivity index (χ1v) is 7.93. The summed E-state index contributed by atoms with van der Waals surface area (Å²) in [6.45, 7) is 2.16. The van der Waals surface area contributed by atoms with Gasteiger partial charge in [0.15, 0.2) is 5.78 Å². The Balaban J connectivity index is 2.05. The molecule has 4 rings (SSSR count). The minimum atomic E-state index is -0.0164. The molecule has 0 unspecified atom stereocenters. The van der Waals surface area contributed by atoms with Crippen LogP contribution in [0.4, 0.5) is 5.69 Å². The molecule has 7 nitrogen and oxygen atoms in total. The van der Waals surface area contributed by atoms with Gasteiger partial charge in [-0.15, -0.1) is 0 Å². The highest BCUT2D eigenvalue weighted by molar-refractivity contribution is 6.27. The molecule has 2 heterocycles. The van der Waals surface area contributed by atoms with E-state index in [1.165, 1.54) is 0 Å². The smallest absolute Gasteiger partial charge is 0.196 e. The molecule has 5 N–H and O–H groups in total. The summed E-state index contributed by atoms with van der Waals surface area (Å²) in [6, 6.07) is 5.63. The number of carbonyl (C=O) groups is 1. The van der Waals surface area contributed by atoms with Crippen molar-refractivity contribution < 1.29 is 4.79 Å². The van der Waals surface area contributed by atoms with E-state index in [2.05, 4.69) is 10.3 Å². The number of nitrogens with one attached hydrogen (secondary N) is 1. The van der Waals surface area contributed by atoms with Crippen molar-refractivity contribution in [2.24, 2.45) is 11.5 Å². The maximum Gasteiger partial charge on any atom is 0.196 e. The third-order valence-electron chi connectivity index (χ3n) is 4.27. The number of ketones is 1. The molecule has 0 bridgehead atoms. The van der Waals surface area contributed by atoms with Gasteiger partial charge in [0, 0.05) is 54.2 Å². The molecule has 0 saturated heterocycles. The average Bonchev–Trinajstić information content (AvgIpc) is 2.97. The molecule has 1 aliphatic carbocycles. The predicted molar refractivity (Wildman–Crippen MR) is 93.0 cm³/mol. The van der Waals surface area contributed by atoms with Gasteiger partial charge in [0.25, 0.3) is 0 Å². The van der Waals surface area contributed by atoms with Crippen LogP contribution >= 0.6 is 0 Å². The fourth-order valence-electron chi connectivity index (χ4n) is 3.26. The maximum atomic E-state index is 13.1. The van der Waals surface area contributed by atoms with Gasteiger partial charge in [-0.3, -0.25) is 14.5 Å². The molecule has 0 aliphatic heterocycles. The first kappa shape index (κ1) is 14.8. The largest absolute Gasteiger partial charge is 0.383 e. The zero-order chi connectivity index (χ0) is 16.7. The normalized spacial score (nSPS) is 12.5. The second-order valence-electron chi connectivity index (χ2n) is 5.71. The van der Waals surface area contributed by atoms with Gasteiger partial charge in [-0.2, -0.15) is 5.10 Å². The van der Waals surface area contributed by atoms with E-state index < -0.39 is 0 Å². The zero-order valence-electron chi connectivity index (χ0n) is 13.1. The highest BCUT2D eigenvalue weighted by Crippen LogP contribution is 2.41. The number of anilines is 1. The third kappa shape index (κ3) is 2.02. The number of hydrogen-bond acceptors (Lipinski definition) is 6. The van der Waals surface area contributed by atoms with Gasteiger partial charge in [-0.05, 0) is 18.2 Å². The number of hydrogen-bond donors (Lipinski definition) is 3. The Morgan fingerprint density at radius 3 is 2.79 bits per heavy atom. The standard InChI is InChI=1S/C17H18N6O/c18-4-7-21-12-1-2-13-15-14(12)17(24)10-3-6-20-9-11(10)16(15)22-23(13)8-5-19/h1-3,6,9,21H,4-5,7-8,18-19H2. The molecule has 3 aromatic rings. The molecular weight excluding hydrogens is 304 g/mol. The first-order chi connectivity index (χ1) is 11.8. The van der Waals surface area contributed by atoms with Gasteiger partial charge in [-0.1, -0.05) is 0 Å². The fraction of sp³-hybridized carbons (Fsp3) is 0.235. The van der Waals surface area contributed by atoms with Crippen molar-refractivity contribution in [3.05, 3.63) is 41.7 Å². The Bertz CT molecular complexity index is 946. The molecule has 0 spiro atoms. The molecule has 0 saturated carbocycles. The number of carbonyl (C=O) groups excluding carboxylic acids is 1. The van der Waals surface area contributed by atoms with Gasteiger partial charge in [-0.25, -0.2) is 0 Å². The Labute approximate surface area is 138 Å². The number of aromatic nitrogens is 3. The molecule has 0 atom stereocenters. The Kier molecular flexibility index (Phi) is 3.51. The summed E-state index contributed by atoms with van der Waals surface area (Å²) in [6.07, 6.45) is 3.33. The van der Waals surface area contributed by atoms with Gasteiger partial charge in [0.05, 0.1) is 17.6 Å². The highest BCUT2D eigenvalue weighted by Gasteiger charge is 2.31. The van der Waals surface area contributed by atoms with E-state index in [-0.39, 0.29) is 5.78 Å². The van der Waals surface area contributed by atoms with Crippen LogP contribution in [0.1, 0.15) is 15.9 Å². The first-order valence-electron chi connectivity index (χ1n) is 7.93. The van der Waals surface area contributed by atoms with E-state index in [1.807, 2.05) is 16.8 Å². The quantitative estimate of drug-likeness (QED) is 0.505. The van der Waals surface area contributed by atoms with Crippen LogP contribution in [-0.4, -0.2) is 40.2 Å². The van der Waals surface area contributed by atoms with Crippen molar-refractivity contribution in [3.8, 4) is 11.3 Å². The van der Waals surface area contributed by atoms with E-state index in [0.717, 1.165) is 27.8 Å². The van der Waals surface area contributed by atoms with Crippen LogP contribution in [0.25, 0.3) is 22.2 Å². The van der Waals surface area contributed by atoms with Gasteiger partial charge in [0.1, 0.15) is 5.69 Å². The Morgan fingerprint density at radius 1 is 1.12 bits per heavy atom. The summed E-state index contributed by atoms with van der Waals surface area (Å²) in [7, 11) is 0. The van der Waals surface area contributed by atoms with Crippen LogP contribution in [-0.2, 0) is 6.54 Å². The van der Waals surface area contributed by atoms with Crippen molar-refractivity contribution in [2.75, 3.05) is 25.0 Å². The van der Waals surface area contributed by atoms with Crippen LogP contribution in [0.2, 0.25) is 0 Å².